The van der Waals surface area contributed by atoms with Crippen LogP contribution >= 0.6 is 11.6 Å². The topological polar surface area (TPSA) is 33.1 Å². The fourth-order valence-electron chi connectivity index (χ4n) is 2.74. The first-order chi connectivity index (χ1) is 7.84. The SMILES string of the molecule is Clc1cnc2n1CCC(N1CCNCC1)C2. The molecule has 2 aliphatic heterocycles. The monoisotopic (exact) mass is 240 g/mol. The molecule has 1 fully saturated rings. The lowest BCUT2D eigenvalue weighted by Gasteiger charge is -2.37. The number of nitrogens with zero attached hydrogens (tertiary/aromatic N) is 3. The molecule has 1 unspecified atom stereocenters. The molecule has 2 aliphatic rings. The molecule has 16 heavy (non-hydrogen) atoms. The van der Waals surface area contributed by atoms with E-state index in [0.717, 1.165) is 37.0 Å². The summed E-state index contributed by atoms with van der Waals surface area (Å²) in [5, 5.41) is 4.18. The van der Waals surface area contributed by atoms with Gasteiger partial charge in [-0.2, -0.15) is 0 Å². The Kier molecular flexibility index (Phi) is 2.88. The van der Waals surface area contributed by atoms with E-state index in [2.05, 4.69) is 19.8 Å². The fourth-order valence-corrected chi connectivity index (χ4v) is 2.97. The molecule has 0 spiro atoms. The van der Waals surface area contributed by atoms with E-state index in [9.17, 15) is 0 Å². The van der Waals surface area contributed by atoms with E-state index in [1.807, 2.05) is 0 Å². The van der Waals surface area contributed by atoms with Crippen molar-refractivity contribution in [1.82, 2.24) is 19.8 Å². The van der Waals surface area contributed by atoms with Crippen LogP contribution in [-0.2, 0) is 13.0 Å². The second-order valence-corrected chi connectivity index (χ2v) is 4.97. The summed E-state index contributed by atoms with van der Waals surface area (Å²) in [5.41, 5.74) is 0. The molecule has 0 amide bonds. The van der Waals surface area contributed by atoms with Gasteiger partial charge in [-0.25, -0.2) is 4.98 Å². The summed E-state index contributed by atoms with van der Waals surface area (Å²) >= 11 is 6.07. The van der Waals surface area contributed by atoms with Crippen LogP contribution in [0.15, 0.2) is 6.20 Å². The van der Waals surface area contributed by atoms with Gasteiger partial charge in [0.25, 0.3) is 0 Å². The maximum absolute atomic E-state index is 6.07. The van der Waals surface area contributed by atoms with Gasteiger partial charge in [-0.05, 0) is 6.42 Å². The zero-order valence-corrected chi connectivity index (χ0v) is 10.1. The highest BCUT2D eigenvalue weighted by Crippen LogP contribution is 2.23. The number of hydrogen-bond donors (Lipinski definition) is 1. The summed E-state index contributed by atoms with van der Waals surface area (Å²) in [6.07, 6.45) is 4.02. The van der Waals surface area contributed by atoms with Crippen LogP contribution in [0.5, 0.6) is 0 Å². The lowest BCUT2D eigenvalue weighted by atomic mass is 10.0. The highest BCUT2D eigenvalue weighted by atomic mass is 35.5. The second-order valence-electron chi connectivity index (χ2n) is 4.58. The highest BCUT2D eigenvalue weighted by Gasteiger charge is 2.26. The van der Waals surface area contributed by atoms with Gasteiger partial charge in [0.2, 0.25) is 0 Å². The summed E-state index contributed by atoms with van der Waals surface area (Å²) < 4.78 is 2.14. The molecule has 4 nitrogen and oxygen atoms in total. The standard InChI is InChI=1S/C11H17ClN4/c12-10-8-14-11-7-9(1-4-16(10)11)15-5-2-13-3-6-15/h8-9,13H,1-7H2. The van der Waals surface area contributed by atoms with Gasteiger partial charge in [-0.15, -0.1) is 0 Å². The van der Waals surface area contributed by atoms with Crippen molar-refractivity contribution in [3.63, 3.8) is 0 Å². The van der Waals surface area contributed by atoms with E-state index in [4.69, 9.17) is 11.6 Å². The van der Waals surface area contributed by atoms with E-state index in [-0.39, 0.29) is 0 Å². The number of hydrogen-bond acceptors (Lipinski definition) is 3. The van der Waals surface area contributed by atoms with Gasteiger partial charge in [-0.3, -0.25) is 4.90 Å². The van der Waals surface area contributed by atoms with E-state index in [0.29, 0.717) is 6.04 Å². The first-order valence-corrected chi connectivity index (χ1v) is 6.37. The van der Waals surface area contributed by atoms with E-state index in [1.165, 1.54) is 19.5 Å². The maximum Gasteiger partial charge on any atom is 0.128 e. The number of nitrogens with one attached hydrogen (secondary N) is 1. The van der Waals surface area contributed by atoms with Crippen LogP contribution < -0.4 is 5.32 Å². The fraction of sp³-hybridized carbons (Fsp3) is 0.727. The maximum atomic E-state index is 6.07. The van der Waals surface area contributed by atoms with Crippen LogP contribution in [0.1, 0.15) is 12.2 Å². The highest BCUT2D eigenvalue weighted by molar-refractivity contribution is 6.29. The van der Waals surface area contributed by atoms with Gasteiger partial charge in [0, 0.05) is 45.2 Å². The second kappa shape index (κ2) is 4.35. The Morgan fingerprint density at radius 1 is 1.31 bits per heavy atom. The molecule has 1 aromatic rings. The van der Waals surface area contributed by atoms with Crippen molar-refractivity contribution < 1.29 is 0 Å². The van der Waals surface area contributed by atoms with Crippen LogP contribution in [0.3, 0.4) is 0 Å². The molecule has 1 aromatic heterocycles. The quantitative estimate of drug-likeness (QED) is 0.787. The van der Waals surface area contributed by atoms with Crippen LogP contribution in [0, 0.1) is 0 Å². The lowest BCUT2D eigenvalue weighted by Crippen LogP contribution is -2.50. The van der Waals surface area contributed by atoms with Crippen molar-refractivity contribution in [1.29, 1.82) is 0 Å². The Bertz CT molecular complexity index is 370. The van der Waals surface area contributed by atoms with Crippen LogP contribution in [0.2, 0.25) is 5.15 Å². The first-order valence-electron chi connectivity index (χ1n) is 5.99. The Hall–Kier alpha value is -0.580. The summed E-state index contributed by atoms with van der Waals surface area (Å²) in [7, 11) is 0. The summed E-state index contributed by atoms with van der Waals surface area (Å²) in [5.74, 6) is 1.15. The summed E-state index contributed by atoms with van der Waals surface area (Å²) in [6, 6.07) is 0.660. The average molecular weight is 241 g/mol. The Labute approximate surface area is 101 Å². The number of imidazole rings is 1. The van der Waals surface area contributed by atoms with Gasteiger partial charge in [-0.1, -0.05) is 11.6 Å². The molecule has 0 saturated carbocycles. The van der Waals surface area contributed by atoms with Gasteiger partial charge >= 0.3 is 0 Å². The number of halogens is 1. The van der Waals surface area contributed by atoms with Crippen LogP contribution in [-0.4, -0.2) is 46.7 Å². The Morgan fingerprint density at radius 2 is 2.12 bits per heavy atom. The molecular formula is C11H17ClN4. The van der Waals surface area contributed by atoms with Crippen LogP contribution in [0.4, 0.5) is 0 Å². The lowest BCUT2D eigenvalue weighted by molar-refractivity contribution is 0.147. The Balaban J connectivity index is 1.72. The normalized spacial score (nSPS) is 26.7. The van der Waals surface area contributed by atoms with Crippen molar-refractivity contribution >= 4 is 11.6 Å². The largest absolute Gasteiger partial charge is 0.319 e. The molecular weight excluding hydrogens is 224 g/mol. The molecule has 0 bridgehead atoms. The third-order valence-corrected chi connectivity index (χ3v) is 3.96. The van der Waals surface area contributed by atoms with E-state index < -0.39 is 0 Å². The van der Waals surface area contributed by atoms with Crippen LogP contribution in [0.25, 0.3) is 0 Å². The van der Waals surface area contributed by atoms with Crippen molar-refractivity contribution in [3.8, 4) is 0 Å². The van der Waals surface area contributed by atoms with Crippen molar-refractivity contribution in [2.75, 3.05) is 26.2 Å². The van der Waals surface area contributed by atoms with Crippen molar-refractivity contribution in [3.05, 3.63) is 17.2 Å². The minimum absolute atomic E-state index is 0.660. The number of rotatable bonds is 1. The smallest absolute Gasteiger partial charge is 0.128 e. The molecule has 0 radical (unpaired) electrons. The molecule has 1 N–H and O–H groups in total. The molecule has 5 heteroatoms. The van der Waals surface area contributed by atoms with Gasteiger partial charge in [0.15, 0.2) is 0 Å². The van der Waals surface area contributed by atoms with Crippen molar-refractivity contribution in [2.45, 2.75) is 25.4 Å². The summed E-state index contributed by atoms with van der Waals surface area (Å²) in [4.78, 5) is 6.98. The molecule has 1 saturated heterocycles. The molecule has 88 valence electrons. The Morgan fingerprint density at radius 3 is 2.94 bits per heavy atom. The third-order valence-electron chi connectivity index (χ3n) is 3.66. The first kappa shape index (κ1) is 10.6. The predicted octanol–water partition coefficient (Wildman–Crippen LogP) is 0.756. The minimum atomic E-state index is 0.660. The molecule has 0 aliphatic carbocycles. The third kappa shape index (κ3) is 1.85. The predicted molar refractivity (Wildman–Crippen MR) is 63.8 cm³/mol. The van der Waals surface area contributed by atoms with Crippen molar-refractivity contribution in [2.24, 2.45) is 0 Å². The molecule has 1 atom stereocenters. The summed E-state index contributed by atoms with van der Waals surface area (Å²) in [6.45, 7) is 5.58. The minimum Gasteiger partial charge on any atom is -0.319 e. The molecule has 3 rings (SSSR count). The average Bonchev–Trinajstić information content (AvgIpc) is 2.72. The van der Waals surface area contributed by atoms with Gasteiger partial charge in [0.05, 0.1) is 6.20 Å². The number of fused-ring (bicyclic) bond motifs is 1. The number of piperazine rings is 1. The number of aromatic nitrogens is 2. The van der Waals surface area contributed by atoms with Gasteiger partial charge < -0.3 is 9.88 Å². The zero-order chi connectivity index (χ0) is 11.0. The molecule has 3 heterocycles. The molecule has 0 aromatic carbocycles. The van der Waals surface area contributed by atoms with Gasteiger partial charge in [0.1, 0.15) is 11.0 Å². The van der Waals surface area contributed by atoms with E-state index >= 15 is 0 Å². The van der Waals surface area contributed by atoms with E-state index in [1.54, 1.807) is 6.20 Å². The zero-order valence-electron chi connectivity index (χ0n) is 9.32.